The van der Waals surface area contributed by atoms with Gasteiger partial charge in [0, 0.05) is 23.1 Å². The van der Waals surface area contributed by atoms with Gasteiger partial charge in [-0.05, 0) is 55.6 Å². The van der Waals surface area contributed by atoms with Gasteiger partial charge in [0.1, 0.15) is 0 Å². The highest BCUT2D eigenvalue weighted by Crippen LogP contribution is 2.32. The van der Waals surface area contributed by atoms with Crippen LogP contribution >= 0.6 is 27.3 Å². The van der Waals surface area contributed by atoms with E-state index in [1.807, 2.05) is 32.0 Å². The number of carbonyl (C=O) groups is 1. The van der Waals surface area contributed by atoms with E-state index in [2.05, 4.69) is 25.8 Å². The van der Waals surface area contributed by atoms with Crippen LogP contribution in [0.25, 0.3) is 10.2 Å². The van der Waals surface area contributed by atoms with Crippen molar-refractivity contribution in [2.75, 3.05) is 31.1 Å². The molecule has 1 aromatic heterocycles. The van der Waals surface area contributed by atoms with Gasteiger partial charge in [0.15, 0.2) is 5.13 Å². The average Bonchev–Trinajstić information content (AvgIpc) is 3.13. The summed E-state index contributed by atoms with van der Waals surface area (Å²) >= 11 is 4.82. The van der Waals surface area contributed by atoms with Gasteiger partial charge >= 0.3 is 6.18 Å². The molecule has 30 heavy (non-hydrogen) atoms. The lowest BCUT2D eigenvalue weighted by molar-refractivity contribution is -0.137. The fraction of sp³-hybridized carbons (Fsp3) is 0.333. The second-order valence-corrected chi connectivity index (χ2v) is 8.59. The Labute approximate surface area is 185 Å². The summed E-state index contributed by atoms with van der Waals surface area (Å²) in [6.07, 6.45) is -4.44. The number of alkyl halides is 3. The van der Waals surface area contributed by atoms with Crippen LogP contribution in [0.1, 0.15) is 29.8 Å². The zero-order valence-corrected chi connectivity index (χ0v) is 18.9. The summed E-state index contributed by atoms with van der Waals surface area (Å²) in [6.45, 7) is 6.79. The van der Waals surface area contributed by atoms with Gasteiger partial charge in [0.05, 0.1) is 15.8 Å². The van der Waals surface area contributed by atoms with E-state index in [0.717, 1.165) is 39.9 Å². The number of nitrogens with zero attached hydrogens (tertiary/aromatic N) is 3. The quantitative estimate of drug-likeness (QED) is 0.396. The van der Waals surface area contributed by atoms with Crippen LogP contribution in [-0.4, -0.2) is 42.0 Å². The van der Waals surface area contributed by atoms with Crippen LogP contribution in [0, 0.1) is 0 Å². The lowest BCUT2D eigenvalue weighted by Crippen LogP contribution is -2.38. The minimum Gasteiger partial charge on any atom is -0.302 e. The third-order valence-electron chi connectivity index (χ3n) is 4.81. The van der Waals surface area contributed by atoms with Crippen molar-refractivity contribution in [1.82, 2.24) is 9.88 Å². The maximum Gasteiger partial charge on any atom is 0.416 e. The van der Waals surface area contributed by atoms with E-state index in [-0.39, 0.29) is 11.5 Å². The number of anilines is 1. The Bertz CT molecular complexity index is 1020. The molecule has 2 aromatic carbocycles. The predicted molar refractivity (Wildman–Crippen MR) is 118 cm³/mol. The normalized spacial score (nSPS) is 12.0. The number of halogens is 4. The Morgan fingerprint density at radius 2 is 1.73 bits per heavy atom. The zero-order chi connectivity index (χ0) is 21.9. The van der Waals surface area contributed by atoms with Crippen molar-refractivity contribution in [2.24, 2.45) is 0 Å². The van der Waals surface area contributed by atoms with Gasteiger partial charge in [-0.3, -0.25) is 9.69 Å². The number of hydrogen-bond donors (Lipinski definition) is 0. The third-order valence-corrected chi connectivity index (χ3v) is 6.34. The van der Waals surface area contributed by atoms with Gasteiger partial charge in [0.2, 0.25) is 0 Å². The summed E-state index contributed by atoms with van der Waals surface area (Å²) in [5, 5.41) is 0.528. The Balaban J connectivity index is 1.94. The van der Waals surface area contributed by atoms with Crippen molar-refractivity contribution in [3.05, 3.63) is 58.1 Å². The van der Waals surface area contributed by atoms with E-state index in [1.165, 1.54) is 23.5 Å². The Morgan fingerprint density at radius 1 is 1.07 bits per heavy atom. The molecule has 0 spiro atoms. The van der Waals surface area contributed by atoms with Crippen molar-refractivity contribution >= 4 is 48.5 Å². The van der Waals surface area contributed by atoms with Crippen LogP contribution in [-0.2, 0) is 6.18 Å². The fourth-order valence-corrected chi connectivity index (χ4v) is 4.57. The molecule has 0 fully saturated rings. The molecule has 9 heteroatoms. The molecule has 0 aliphatic rings. The van der Waals surface area contributed by atoms with Crippen molar-refractivity contribution < 1.29 is 18.0 Å². The third kappa shape index (κ3) is 5.19. The van der Waals surface area contributed by atoms with Crippen LogP contribution in [0.5, 0.6) is 0 Å². The minimum atomic E-state index is -4.44. The standard InChI is InChI=1S/C21H21BrF3N3OS/c1-3-27(4-2)11-12-28(20-26-17-10-9-16(22)13-18(17)30-20)19(29)14-5-7-15(8-6-14)21(23,24)25/h5-10,13H,3-4,11-12H2,1-2H3. The Hall–Kier alpha value is -1.97. The first-order valence-corrected chi connectivity index (χ1v) is 11.1. The van der Waals surface area contributed by atoms with Crippen LogP contribution in [0.3, 0.4) is 0 Å². The van der Waals surface area contributed by atoms with Gasteiger partial charge in [-0.25, -0.2) is 4.98 Å². The largest absolute Gasteiger partial charge is 0.416 e. The average molecular weight is 500 g/mol. The highest BCUT2D eigenvalue weighted by molar-refractivity contribution is 9.10. The topological polar surface area (TPSA) is 36.4 Å². The van der Waals surface area contributed by atoms with Crippen LogP contribution in [0.15, 0.2) is 46.9 Å². The molecule has 0 radical (unpaired) electrons. The summed E-state index contributed by atoms with van der Waals surface area (Å²) in [5.74, 6) is -0.367. The molecule has 0 saturated heterocycles. The van der Waals surface area contributed by atoms with E-state index < -0.39 is 11.7 Å². The SMILES string of the molecule is CCN(CC)CCN(C(=O)c1ccc(C(F)(F)F)cc1)c1nc2ccc(Br)cc2s1. The number of carbonyl (C=O) groups excluding carboxylic acids is 1. The van der Waals surface area contributed by atoms with Crippen molar-refractivity contribution in [2.45, 2.75) is 20.0 Å². The number of aromatic nitrogens is 1. The van der Waals surface area contributed by atoms with Crippen LogP contribution in [0.4, 0.5) is 18.3 Å². The number of amides is 1. The molecule has 0 aliphatic heterocycles. The summed E-state index contributed by atoms with van der Waals surface area (Å²) in [7, 11) is 0. The molecule has 0 atom stereocenters. The first-order chi connectivity index (χ1) is 14.2. The molecular formula is C21H21BrF3N3OS. The lowest BCUT2D eigenvalue weighted by atomic mass is 10.1. The molecule has 1 heterocycles. The van der Waals surface area contributed by atoms with E-state index in [0.29, 0.717) is 18.2 Å². The lowest BCUT2D eigenvalue weighted by Gasteiger charge is -2.24. The van der Waals surface area contributed by atoms with Crippen molar-refractivity contribution in [3.8, 4) is 0 Å². The molecule has 3 aromatic rings. The molecule has 4 nitrogen and oxygen atoms in total. The molecular weight excluding hydrogens is 479 g/mol. The van der Waals surface area contributed by atoms with E-state index in [1.54, 1.807) is 4.90 Å². The number of hydrogen-bond acceptors (Lipinski definition) is 4. The molecule has 0 aliphatic carbocycles. The number of likely N-dealkylation sites (N-methyl/N-ethyl adjacent to an activating group) is 1. The molecule has 0 unspecified atom stereocenters. The zero-order valence-electron chi connectivity index (χ0n) is 16.5. The van der Waals surface area contributed by atoms with Crippen LogP contribution < -0.4 is 4.90 Å². The molecule has 0 N–H and O–H groups in total. The first-order valence-electron chi connectivity index (χ1n) is 9.50. The fourth-order valence-electron chi connectivity index (χ4n) is 3.02. The van der Waals surface area contributed by atoms with Gasteiger partial charge in [-0.1, -0.05) is 41.1 Å². The maximum absolute atomic E-state index is 13.2. The molecule has 1 amide bonds. The van der Waals surface area contributed by atoms with Gasteiger partial charge in [-0.15, -0.1) is 0 Å². The van der Waals surface area contributed by atoms with E-state index in [4.69, 9.17) is 0 Å². The van der Waals surface area contributed by atoms with Crippen LogP contribution in [0.2, 0.25) is 0 Å². The number of benzene rings is 2. The Morgan fingerprint density at radius 3 is 2.33 bits per heavy atom. The molecule has 0 bridgehead atoms. The predicted octanol–water partition coefficient (Wildman–Crippen LogP) is 6.07. The number of rotatable bonds is 7. The number of thiazole rings is 1. The summed E-state index contributed by atoms with van der Waals surface area (Å²) in [4.78, 5) is 21.5. The Kier molecular flexibility index (Phi) is 7.15. The summed E-state index contributed by atoms with van der Waals surface area (Å²) in [5.41, 5.74) is 0.188. The summed E-state index contributed by atoms with van der Waals surface area (Å²) in [6, 6.07) is 9.99. The second kappa shape index (κ2) is 9.45. The van der Waals surface area contributed by atoms with E-state index >= 15 is 0 Å². The highest BCUT2D eigenvalue weighted by Gasteiger charge is 2.31. The van der Waals surface area contributed by atoms with E-state index in [9.17, 15) is 18.0 Å². The molecule has 3 rings (SSSR count). The molecule has 0 saturated carbocycles. The van der Waals surface area contributed by atoms with Crippen molar-refractivity contribution in [3.63, 3.8) is 0 Å². The van der Waals surface area contributed by atoms with Gasteiger partial charge < -0.3 is 4.90 Å². The molecule has 160 valence electrons. The monoisotopic (exact) mass is 499 g/mol. The van der Waals surface area contributed by atoms with Gasteiger partial charge in [0.25, 0.3) is 5.91 Å². The minimum absolute atomic E-state index is 0.197. The second-order valence-electron chi connectivity index (χ2n) is 6.67. The first kappa shape index (κ1) is 22.7. The summed E-state index contributed by atoms with van der Waals surface area (Å²) < 4.78 is 40.4. The number of fused-ring (bicyclic) bond motifs is 1. The van der Waals surface area contributed by atoms with Gasteiger partial charge in [-0.2, -0.15) is 13.2 Å². The smallest absolute Gasteiger partial charge is 0.302 e. The highest BCUT2D eigenvalue weighted by atomic mass is 79.9. The van der Waals surface area contributed by atoms with Crippen molar-refractivity contribution in [1.29, 1.82) is 0 Å². The maximum atomic E-state index is 13.2.